The van der Waals surface area contributed by atoms with Crippen molar-refractivity contribution < 1.29 is 0 Å². The van der Waals surface area contributed by atoms with Crippen molar-refractivity contribution in [2.45, 2.75) is 38.9 Å². The molecule has 3 unspecified atom stereocenters. The van der Waals surface area contributed by atoms with Crippen molar-refractivity contribution in [3.8, 4) is 0 Å². The van der Waals surface area contributed by atoms with Crippen LogP contribution in [-0.4, -0.2) is 30.1 Å². The Labute approximate surface area is 110 Å². The molecule has 0 radical (unpaired) electrons. The molecule has 16 heavy (non-hydrogen) atoms. The fraction of sp³-hybridized carbons (Fsp3) is 0.667. The van der Waals surface area contributed by atoms with Gasteiger partial charge in [0, 0.05) is 45.9 Å². The molecule has 1 aromatic rings. The van der Waals surface area contributed by atoms with Crippen LogP contribution >= 0.6 is 27.3 Å². The maximum atomic E-state index is 3.57. The van der Waals surface area contributed by atoms with Gasteiger partial charge in [-0.1, -0.05) is 0 Å². The number of nitrogens with zero attached hydrogens (tertiary/aromatic N) is 1. The largest absolute Gasteiger partial charge is 0.309 e. The summed E-state index contributed by atoms with van der Waals surface area (Å²) in [6.07, 6.45) is 0. The van der Waals surface area contributed by atoms with E-state index in [2.05, 4.69) is 58.4 Å². The van der Waals surface area contributed by atoms with E-state index in [1.54, 1.807) is 0 Å². The lowest BCUT2D eigenvalue weighted by Crippen LogP contribution is -2.54. The van der Waals surface area contributed by atoms with E-state index in [9.17, 15) is 0 Å². The molecule has 90 valence electrons. The molecular formula is C12H19BrN2S. The summed E-state index contributed by atoms with van der Waals surface area (Å²) in [7, 11) is 0. The summed E-state index contributed by atoms with van der Waals surface area (Å²) in [6.45, 7) is 9.12. The minimum Gasteiger partial charge on any atom is -0.309 e. The molecule has 1 fully saturated rings. The molecule has 1 aromatic heterocycles. The number of piperazine rings is 1. The zero-order valence-corrected chi connectivity index (χ0v) is 12.4. The van der Waals surface area contributed by atoms with Gasteiger partial charge in [0.2, 0.25) is 0 Å². The van der Waals surface area contributed by atoms with Crippen LogP contribution in [0.5, 0.6) is 0 Å². The predicted octanol–water partition coefficient (Wildman–Crippen LogP) is 3.25. The summed E-state index contributed by atoms with van der Waals surface area (Å²) in [5, 5.41) is 5.74. The maximum Gasteiger partial charge on any atom is 0.0415 e. The van der Waals surface area contributed by atoms with Crippen LogP contribution in [0.25, 0.3) is 0 Å². The van der Waals surface area contributed by atoms with E-state index in [0.29, 0.717) is 18.1 Å². The highest BCUT2D eigenvalue weighted by molar-refractivity contribution is 9.10. The monoisotopic (exact) mass is 302 g/mol. The summed E-state index contributed by atoms with van der Waals surface area (Å²) in [5.41, 5.74) is 0. The lowest BCUT2D eigenvalue weighted by Gasteiger charge is -2.39. The quantitative estimate of drug-likeness (QED) is 0.902. The van der Waals surface area contributed by atoms with Gasteiger partial charge in [0.1, 0.15) is 0 Å². The Bertz CT molecular complexity index is 343. The van der Waals surface area contributed by atoms with E-state index in [1.165, 1.54) is 9.35 Å². The standard InChI is InChI=1S/C12H19BrN2S/c1-8-5-15(6-9(2)14-8)10(3)12-4-11(13)7-16-12/h4,7-10,14H,5-6H2,1-3H3. The molecular weight excluding hydrogens is 284 g/mol. The second kappa shape index (κ2) is 5.17. The molecule has 4 heteroatoms. The molecule has 1 saturated heterocycles. The van der Waals surface area contributed by atoms with E-state index >= 15 is 0 Å². The van der Waals surface area contributed by atoms with E-state index in [-0.39, 0.29) is 0 Å². The molecule has 0 saturated carbocycles. The number of halogens is 1. The first-order valence-corrected chi connectivity index (χ1v) is 7.47. The summed E-state index contributed by atoms with van der Waals surface area (Å²) >= 11 is 5.37. The van der Waals surface area contributed by atoms with Crippen molar-refractivity contribution >= 4 is 27.3 Å². The Kier molecular flexibility index (Phi) is 4.06. The van der Waals surface area contributed by atoms with Crippen molar-refractivity contribution in [2.24, 2.45) is 0 Å². The first-order chi connectivity index (χ1) is 7.56. The first kappa shape index (κ1) is 12.6. The van der Waals surface area contributed by atoms with Crippen LogP contribution in [0.1, 0.15) is 31.7 Å². The van der Waals surface area contributed by atoms with Gasteiger partial charge in [-0.25, -0.2) is 0 Å². The van der Waals surface area contributed by atoms with Gasteiger partial charge in [0.05, 0.1) is 0 Å². The molecule has 2 heterocycles. The highest BCUT2D eigenvalue weighted by Crippen LogP contribution is 2.30. The molecule has 3 atom stereocenters. The number of nitrogens with one attached hydrogen (secondary N) is 1. The number of rotatable bonds is 2. The second-order valence-electron chi connectivity index (χ2n) is 4.77. The van der Waals surface area contributed by atoms with Crippen LogP contribution in [0.15, 0.2) is 15.9 Å². The Morgan fingerprint density at radius 2 is 2.06 bits per heavy atom. The van der Waals surface area contributed by atoms with E-state index in [0.717, 1.165) is 13.1 Å². The van der Waals surface area contributed by atoms with E-state index < -0.39 is 0 Å². The van der Waals surface area contributed by atoms with Gasteiger partial charge in [-0.2, -0.15) is 0 Å². The summed E-state index contributed by atoms with van der Waals surface area (Å²) in [6, 6.07) is 3.96. The first-order valence-electron chi connectivity index (χ1n) is 5.80. The van der Waals surface area contributed by atoms with Crippen LogP contribution in [0.4, 0.5) is 0 Å². The Hall–Kier alpha value is 0.1000. The van der Waals surface area contributed by atoms with Gasteiger partial charge < -0.3 is 5.32 Å². The molecule has 0 spiro atoms. The number of thiophene rings is 1. The van der Waals surface area contributed by atoms with Crippen molar-refractivity contribution in [3.63, 3.8) is 0 Å². The van der Waals surface area contributed by atoms with Crippen molar-refractivity contribution in [1.29, 1.82) is 0 Å². The Morgan fingerprint density at radius 3 is 2.56 bits per heavy atom. The molecule has 0 aliphatic carbocycles. The SMILES string of the molecule is CC1CN(C(C)c2cc(Br)cs2)CC(C)N1. The molecule has 0 amide bonds. The third kappa shape index (κ3) is 2.86. The minimum atomic E-state index is 0.531. The van der Waals surface area contributed by atoms with Crippen LogP contribution < -0.4 is 5.32 Å². The van der Waals surface area contributed by atoms with Gasteiger partial charge in [-0.15, -0.1) is 11.3 Å². The lowest BCUT2D eigenvalue weighted by molar-refractivity contribution is 0.133. The smallest absolute Gasteiger partial charge is 0.0415 e. The third-order valence-corrected chi connectivity index (χ3v) is 5.00. The predicted molar refractivity (Wildman–Crippen MR) is 74.1 cm³/mol. The molecule has 0 aromatic carbocycles. The molecule has 2 rings (SSSR count). The van der Waals surface area contributed by atoms with Crippen LogP contribution in [-0.2, 0) is 0 Å². The average Bonchev–Trinajstić information content (AvgIpc) is 2.62. The molecule has 1 aliphatic heterocycles. The van der Waals surface area contributed by atoms with Crippen molar-refractivity contribution in [1.82, 2.24) is 10.2 Å². The van der Waals surface area contributed by atoms with Gasteiger partial charge in [-0.3, -0.25) is 4.90 Å². The zero-order chi connectivity index (χ0) is 11.7. The van der Waals surface area contributed by atoms with Gasteiger partial charge >= 0.3 is 0 Å². The van der Waals surface area contributed by atoms with Crippen LogP contribution in [0, 0.1) is 0 Å². The normalized spacial score (nSPS) is 29.2. The topological polar surface area (TPSA) is 15.3 Å². The van der Waals surface area contributed by atoms with E-state index in [4.69, 9.17) is 0 Å². The molecule has 2 nitrogen and oxygen atoms in total. The highest BCUT2D eigenvalue weighted by Gasteiger charge is 2.25. The molecule has 1 N–H and O–H groups in total. The van der Waals surface area contributed by atoms with Gasteiger partial charge in [0.25, 0.3) is 0 Å². The Morgan fingerprint density at radius 1 is 1.44 bits per heavy atom. The second-order valence-corrected chi connectivity index (χ2v) is 6.62. The Balaban J connectivity index is 2.06. The van der Waals surface area contributed by atoms with Crippen molar-refractivity contribution in [2.75, 3.05) is 13.1 Å². The van der Waals surface area contributed by atoms with Gasteiger partial charge in [0.15, 0.2) is 0 Å². The van der Waals surface area contributed by atoms with Gasteiger partial charge in [-0.05, 0) is 42.8 Å². The molecule has 1 aliphatic rings. The fourth-order valence-corrected chi connectivity index (χ4v) is 3.95. The minimum absolute atomic E-state index is 0.531. The number of hydrogen-bond acceptors (Lipinski definition) is 3. The third-order valence-electron chi connectivity index (χ3n) is 3.13. The van der Waals surface area contributed by atoms with E-state index in [1.807, 2.05) is 11.3 Å². The average molecular weight is 303 g/mol. The zero-order valence-electron chi connectivity index (χ0n) is 10.0. The fourth-order valence-electron chi connectivity index (χ4n) is 2.41. The van der Waals surface area contributed by atoms with Crippen LogP contribution in [0.2, 0.25) is 0 Å². The summed E-state index contributed by atoms with van der Waals surface area (Å²) in [4.78, 5) is 4.03. The lowest BCUT2D eigenvalue weighted by atomic mass is 10.1. The van der Waals surface area contributed by atoms with Crippen molar-refractivity contribution in [3.05, 3.63) is 20.8 Å². The maximum absolute atomic E-state index is 3.57. The molecule has 0 bridgehead atoms. The summed E-state index contributed by atoms with van der Waals surface area (Å²) in [5.74, 6) is 0. The summed E-state index contributed by atoms with van der Waals surface area (Å²) < 4.78 is 1.20. The number of hydrogen-bond donors (Lipinski definition) is 1. The highest BCUT2D eigenvalue weighted by atomic mass is 79.9. The van der Waals surface area contributed by atoms with Crippen LogP contribution in [0.3, 0.4) is 0 Å².